The summed E-state index contributed by atoms with van der Waals surface area (Å²) in [5, 5.41) is 11.1. The van der Waals surface area contributed by atoms with Gasteiger partial charge in [-0.2, -0.15) is 0 Å². The summed E-state index contributed by atoms with van der Waals surface area (Å²) in [5.41, 5.74) is 2.20. The van der Waals surface area contributed by atoms with E-state index in [0.29, 0.717) is 6.54 Å². The monoisotopic (exact) mass is 237 g/mol. The van der Waals surface area contributed by atoms with E-state index in [9.17, 15) is 0 Å². The highest BCUT2D eigenvalue weighted by molar-refractivity contribution is 7.18. The number of thiophene rings is 1. The third kappa shape index (κ3) is 1.88. The second-order valence-electron chi connectivity index (χ2n) is 3.60. The fourth-order valence-electron chi connectivity index (χ4n) is 1.72. The summed E-state index contributed by atoms with van der Waals surface area (Å²) >= 11 is 1.66. The predicted molar refractivity (Wildman–Crippen MR) is 67.1 cm³/mol. The second kappa shape index (κ2) is 4.76. The van der Waals surface area contributed by atoms with E-state index < -0.39 is 0 Å². The number of nitrogens with zero attached hydrogens (tertiary/aromatic N) is 3. The van der Waals surface area contributed by atoms with Crippen molar-refractivity contribution in [2.24, 2.45) is 0 Å². The minimum absolute atomic E-state index is 0.143. The fourth-order valence-corrected chi connectivity index (χ4v) is 2.74. The summed E-state index contributed by atoms with van der Waals surface area (Å²) in [7, 11) is 0. The molecule has 2 heterocycles. The molecule has 2 rings (SSSR count). The first-order valence-corrected chi connectivity index (χ1v) is 6.20. The van der Waals surface area contributed by atoms with E-state index in [4.69, 9.17) is 5.11 Å². The van der Waals surface area contributed by atoms with Gasteiger partial charge in [-0.3, -0.25) is 0 Å². The molecule has 1 N–H and O–H groups in total. The Hall–Kier alpha value is -1.20. The van der Waals surface area contributed by atoms with Gasteiger partial charge in [0.05, 0.1) is 16.8 Å². The lowest BCUT2D eigenvalue weighted by Crippen LogP contribution is -2.27. The molecule has 0 fully saturated rings. The zero-order valence-electron chi connectivity index (χ0n) is 9.47. The Morgan fingerprint density at radius 1 is 1.44 bits per heavy atom. The molecular weight excluding hydrogens is 222 g/mol. The summed E-state index contributed by atoms with van der Waals surface area (Å²) in [4.78, 5) is 10.7. The Labute approximate surface area is 98.6 Å². The standard InChI is InChI=1S/C11H15N3OS/c1-3-14(4-5-15)11-10-9(12-7-13-11)8(2)6-16-10/h6-7,15H,3-5H2,1-2H3. The number of hydrogen-bond donors (Lipinski definition) is 1. The number of fused-ring (bicyclic) bond motifs is 1. The topological polar surface area (TPSA) is 49.2 Å². The molecule has 0 aliphatic heterocycles. The third-order valence-corrected chi connectivity index (χ3v) is 3.65. The van der Waals surface area contributed by atoms with Crippen LogP contribution in [0.1, 0.15) is 12.5 Å². The molecule has 5 heteroatoms. The van der Waals surface area contributed by atoms with Gasteiger partial charge in [0.1, 0.15) is 12.1 Å². The van der Waals surface area contributed by atoms with E-state index in [1.807, 2.05) is 0 Å². The van der Waals surface area contributed by atoms with Crippen molar-refractivity contribution >= 4 is 27.4 Å². The number of hydrogen-bond acceptors (Lipinski definition) is 5. The van der Waals surface area contributed by atoms with Crippen LogP contribution in [0.2, 0.25) is 0 Å². The summed E-state index contributed by atoms with van der Waals surface area (Å²) in [6.45, 7) is 5.70. The maximum absolute atomic E-state index is 9.02. The van der Waals surface area contributed by atoms with Crippen molar-refractivity contribution in [2.45, 2.75) is 13.8 Å². The van der Waals surface area contributed by atoms with E-state index >= 15 is 0 Å². The average Bonchev–Trinajstić information content (AvgIpc) is 2.68. The van der Waals surface area contributed by atoms with E-state index in [-0.39, 0.29) is 6.61 Å². The van der Waals surface area contributed by atoms with Crippen LogP contribution in [0.5, 0.6) is 0 Å². The lowest BCUT2D eigenvalue weighted by atomic mass is 10.3. The van der Waals surface area contributed by atoms with Crippen LogP contribution in [0, 0.1) is 6.92 Å². The van der Waals surface area contributed by atoms with E-state index in [0.717, 1.165) is 22.6 Å². The van der Waals surface area contributed by atoms with Crippen LogP contribution in [-0.4, -0.2) is 34.8 Å². The first-order chi connectivity index (χ1) is 7.77. The minimum Gasteiger partial charge on any atom is -0.395 e. The number of aryl methyl sites for hydroxylation is 1. The van der Waals surface area contributed by atoms with Crippen LogP contribution < -0.4 is 4.90 Å². The molecule has 0 atom stereocenters. The van der Waals surface area contributed by atoms with Gasteiger partial charge in [-0.1, -0.05) is 0 Å². The number of aromatic nitrogens is 2. The van der Waals surface area contributed by atoms with Gasteiger partial charge in [-0.25, -0.2) is 9.97 Å². The van der Waals surface area contributed by atoms with E-state index in [1.165, 1.54) is 5.56 Å². The molecule has 0 saturated heterocycles. The number of likely N-dealkylation sites (N-methyl/N-ethyl adjacent to an activating group) is 1. The molecule has 0 bridgehead atoms. The van der Waals surface area contributed by atoms with Crippen LogP contribution in [-0.2, 0) is 0 Å². The first kappa shape index (κ1) is 11.3. The maximum atomic E-state index is 9.02. The van der Waals surface area contributed by atoms with Gasteiger partial charge in [0, 0.05) is 13.1 Å². The molecule has 4 nitrogen and oxygen atoms in total. The summed E-state index contributed by atoms with van der Waals surface area (Å²) in [6.07, 6.45) is 1.59. The number of rotatable bonds is 4. The fraction of sp³-hybridized carbons (Fsp3) is 0.455. The Balaban J connectivity index is 2.50. The first-order valence-electron chi connectivity index (χ1n) is 5.32. The largest absolute Gasteiger partial charge is 0.395 e. The molecule has 16 heavy (non-hydrogen) atoms. The second-order valence-corrected chi connectivity index (χ2v) is 4.48. The highest BCUT2D eigenvalue weighted by Gasteiger charge is 2.12. The number of aliphatic hydroxyl groups excluding tert-OH is 1. The molecule has 0 spiro atoms. The van der Waals surface area contributed by atoms with Crippen LogP contribution in [0.15, 0.2) is 11.7 Å². The molecule has 0 radical (unpaired) electrons. The molecule has 0 unspecified atom stereocenters. The zero-order chi connectivity index (χ0) is 11.5. The Kier molecular flexibility index (Phi) is 3.36. The van der Waals surface area contributed by atoms with Crippen molar-refractivity contribution in [1.82, 2.24) is 9.97 Å². The molecule has 0 aliphatic rings. The van der Waals surface area contributed by atoms with E-state index in [2.05, 4.69) is 34.1 Å². The summed E-state index contributed by atoms with van der Waals surface area (Å²) in [6, 6.07) is 0. The third-order valence-electron chi connectivity index (χ3n) is 2.56. The van der Waals surface area contributed by atoms with Crippen LogP contribution in [0.25, 0.3) is 10.2 Å². The molecule has 0 saturated carbocycles. The van der Waals surface area contributed by atoms with Gasteiger partial charge < -0.3 is 10.0 Å². The van der Waals surface area contributed by atoms with Crippen molar-refractivity contribution in [2.75, 3.05) is 24.6 Å². The minimum atomic E-state index is 0.143. The Morgan fingerprint density at radius 2 is 2.25 bits per heavy atom. The van der Waals surface area contributed by atoms with Crippen LogP contribution >= 0.6 is 11.3 Å². The molecule has 86 valence electrons. The maximum Gasteiger partial charge on any atom is 0.150 e. The van der Waals surface area contributed by atoms with Gasteiger partial charge in [-0.05, 0) is 24.8 Å². The highest BCUT2D eigenvalue weighted by atomic mass is 32.1. The molecule has 0 aliphatic carbocycles. The smallest absolute Gasteiger partial charge is 0.150 e. The van der Waals surface area contributed by atoms with Crippen molar-refractivity contribution in [3.63, 3.8) is 0 Å². The lowest BCUT2D eigenvalue weighted by molar-refractivity contribution is 0.302. The SMILES string of the molecule is CCN(CCO)c1ncnc2c(C)csc12. The van der Waals surface area contributed by atoms with Gasteiger partial charge in [-0.15, -0.1) is 11.3 Å². The van der Waals surface area contributed by atoms with Crippen molar-refractivity contribution in [1.29, 1.82) is 0 Å². The van der Waals surface area contributed by atoms with Crippen LogP contribution in [0.4, 0.5) is 5.82 Å². The normalized spacial score (nSPS) is 10.9. The van der Waals surface area contributed by atoms with Gasteiger partial charge >= 0.3 is 0 Å². The van der Waals surface area contributed by atoms with Crippen molar-refractivity contribution in [3.8, 4) is 0 Å². The summed E-state index contributed by atoms with van der Waals surface area (Å²) < 4.78 is 1.11. The van der Waals surface area contributed by atoms with Gasteiger partial charge in [0.15, 0.2) is 0 Å². The Bertz CT molecular complexity index is 483. The highest BCUT2D eigenvalue weighted by Crippen LogP contribution is 2.30. The van der Waals surface area contributed by atoms with Crippen LogP contribution in [0.3, 0.4) is 0 Å². The quantitative estimate of drug-likeness (QED) is 0.881. The molecule has 2 aromatic rings. The van der Waals surface area contributed by atoms with E-state index in [1.54, 1.807) is 17.7 Å². The average molecular weight is 237 g/mol. The predicted octanol–water partition coefficient (Wildman–Crippen LogP) is 1.82. The molecule has 0 aromatic carbocycles. The number of aliphatic hydroxyl groups is 1. The molecular formula is C11H15N3OS. The summed E-state index contributed by atoms with van der Waals surface area (Å²) in [5.74, 6) is 0.930. The molecule has 0 amide bonds. The van der Waals surface area contributed by atoms with Gasteiger partial charge in [0.25, 0.3) is 0 Å². The van der Waals surface area contributed by atoms with Gasteiger partial charge in [0.2, 0.25) is 0 Å². The lowest BCUT2D eigenvalue weighted by Gasteiger charge is -2.20. The Morgan fingerprint density at radius 3 is 2.94 bits per heavy atom. The number of anilines is 1. The molecule has 2 aromatic heterocycles. The zero-order valence-corrected chi connectivity index (χ0v) is 10.3. The van der Waals surface area contributed by atoms with Crippen molar-refractivity contribution in [3.05, 3.63) is 17.3 Å². The van der Waals surface area contributed by atoms with Crippen molar-refractivity contribution < 1.29 is 5.11 Å².